The van der Waals surface area contributed by atoms with Crippen LogP contribution in [0.4, 0.5) is 5.69 Å². The lowest BCUT2D eigenvalue weighted by Crippen LogP contribution is -2.48. The van der Waals surface area contributed by atoms with E-state index in [1.807, 2.05) is 86.6 Å². The van der Waals surface area contributed by atoms with E-state index >= 15 is 0 Å². The first-order valence-corrected chi connectivity index (χ1v) is 33.1. The molecule has 0 aromatic heterocycles. The predicted octanol–water partition coefficient (Wildman–Crippen LogP) is 6.86. The number of carbonyl (C=O) groups is 1. The van der Waals surface area contributed by atoms with Crippen molar-refractivity contribution in [3.8, 4) is 34.5 Å². The second-order valence-corrected chi connectivity index (χ2v) is 27.5. The Morgan fingerprint density at radius 1 is 0.388 bits per heavy atom. The van der Waals surface area contributed by atoms with Crippen LogP contribution in [-0.4, -0.2) is 177 Å². The molecule has 3 saturated heterocycles. The van der Waals surface area contributed by atoms with Gasteiger partial charge >= 0.3 is 0 Å². The number of sulfonamides is 3. The van der Waals surface area contributed by atoms with E-state index in [0.29, 0.717) is 127 Å². The van der Waals surface area contributed by atoms with Gasteiger partial charge in [-0.3, -0.25) is 19.5 Å². The van der Waals surface area contributed by atoms with Crippen LogP contribution in [-0.2, 0) is 54.5 Å². The Hall–Kier alpha value is -6.80. The molecule has 0 spiro atoms. The first kappa shape index (κ1) is 61.3. The molecule has 0 bridgehead atoms. The van der Waals surface area contributed by atoms with Gasteiger partial charge in [0.15, 0.2) is 34.5 Å². The number of nitrogens with one attached hydrogen (secondary N) is 1. The lowest BCUT2D eigenvalue weighted by molar-refractivity contribution is -0.114. The molecule has 1 N–H and O–H groups in total. The van der Waals surface area contributed by atoms with Crippen LogP contribution in [0.15, 0.2) is 142 Å². The molecule has 23 heteroatoms. The normalized spacial score (nSPS) is 18.2. The number of hydrogen-bond acceptors (Lipinski definition) is 16. The number of aryl methyl sites for hydroxylation is 2. The van der Waals surface area contributed by atoms with E-state index in [1.165, 1.54) is 17.3 Å². The number of hydrogen-bond donors (Lipinski definition) is 1. The van der Waals surface area contributed by atoms with Crippen molar-refractivity contribution in [2.24, 2.45) is 0 Å². The number of fused-ring (bicyclic) bond motifs is 3. The van der Waals surface area contributed by atoms with Crippen molar-refractivity contribution in [1.82, 2.24) is 27.6 Å². The van der Waals surface area contributed by atoms with Crippen molar-refractivity contribution in [3.63, 3.8) is 0 Å². The number of piperazine rings is 2. The fourth-order valence-electron chi connectivity index (χ4n) is 10.7. The van der Waals surface area contributed by atoms with Crippen molar-refractivity contribution < 1.29 is 58.5 Å². The summed E-state index contributed by atoms with van der Waals surface area (Å²) in [5.74, 6) is 4.46. The summed E-state index contributed by atoms with van der Waals surface area (Å²) in [7, 11) is -10.5. The van der Waals surface area contributed by atoms with Crippen molar-refractivity contribution in [2.45, 2.75) is 61.5 Å². The van der Waals surface area contributed by atoms with E-state index in [4.69, 9.17) is 28.4 Å². The van der Waals surface area contributed by atoms with E-state index < -0.39 is 30.1 Å². The van der Waals surface area contributed by atoms with Crippen LogP contribution in [0.5, 0.6) is 34.5 Å². The van der Waals surface area contributed by atoms with Gasteiger partial charge in [0.2, 0.25) is 36.0 Å². The lowest BCUT2D eigenvalue weighted by atomic mass is 10.1. The Morgan fingerprint density at radius 2 is 0.729 bits per heavy atom. The molecule has 0 saturated carbocycles. The van der Waals surface area contributed by atoms with E-state index in [9.17, 15) is 30.0 Å². The van der Waals surface area contributed by atoms with E-state index in [2.05, 4.69) is 26.1 Å². The molecule has 0 atom stereocenters. The summed E-state index contributed by atoms with van der Waals surface area (Å²) in [6.45, 7) is 18.2. The highest BCUT2D eigenvalue weighted by Gasteiger charge is 2.32. The molecule has 3 fully saturated rings. The topological polar surface area (TPSA) is 206 Å². The highest BCUT2D eigenvalue weighted by molar-refractivity contribution is 7.89. The average molecular weight is 1220 g/mol. The monoisotopic (exact) mass is 1220 g/mol. The maximum absolute atomic E-state index is 13.0. The minimum atomic E-state index is -3.61. The zero-order chi connectivity index (χ0) is 59.6. The highest BCUT2D eigenvalue weighted by atomic mass is 32.2. The first-order valence-electron chi connectivity index (χ1n) is 28.8. The summed E-state index contributed by atoms with van der Waals surface area (Å²) in [4.78, 5) is 19.0. The molecule has 454 valence electrons. The zero-order valence-corrected chi connectivity index (χ0v) is 50.8. The van der Waals surface area contributed by atoms with Gasteiger partial charge in [0, 0.05) is 104 Å². The van der Waals surface area contributed by atoms with Gasteiger partial charge in [0.05, 0.1) is 14.7 Å². The SMILES string of the molecule is CC(=O)Nc1cccc(S(=O)(=O)N2CCN(Cc3ccc4c(c3)OCCO4)CC2)c1.Cc1ccc(S(=O)(=O)N2CCCN(Cc3ccc4c(c3)OCCO4)CC2)cc1.Cc1ccc(S(=O)(=O)N2CCN(Cc3ccc4c(c3)OCCO4)CC2)cc1. The third-order valence-corrected chi connectivity index (χ3v) is 21.1. The number of rotatable bonds is 13. The second kappa shape index (κ2) is 27.7. The van der Waals surface area contributed by atoms with Gasteiger partial charge in [-0.2, -0.15) is 12.9 Å². The molecule has 0 radical (unpaired) electrons. The number of ether oxygens (including phenoxy) is 6. The summed E-state index contributed by atoms with van der Waals surface area (Å²) in [5.41, 5.74) is 5.99. The summed E-state index contributed by atoms with van der Waals surface area (Å²) in [5, 5.41) is 2.63. The molecule has 0 unspecified atom stereocenters. The second-order valence-electron chi connectivity index (χ2n) is 21.7. The largest absolute Gasteiger partial charge is 0.486 e. The Balaban J connectivity index is 0.000000142. The fraction of sp³-hybridized carbons (Fsp3) is 0.403. The van der Waals surface area contributed by atoms with Gasteiger partial charge in [-0.15, -0.1) is 0 Å². The molecule has 20 nitrogen and oxygen atoms in total. The van der Waals surface area contributed by atoms with Crippen molar-refractivity contribution in [2.75, 3.05) is 123 Å². The van der Waals surface area contributed by atoms with Crippen LogP contribution in [0.3, 0.4) is 0 Å². The summed E-state index contributed by atoms with van der Waals surface area (Å²) < 4.78 is 116. The first-order chi connectivity index (χ1) is 41.0. The van der Waals surface area contributed by atoms with Crippen LogP contribution in [0, 0.1) is 13.8 Å². The molecular weight excluding hydrogens is 1150 g/mol. The molecule has 85 heavy (non-hydrogen) atoms. The highest BCUT2D eigenvalue weighted by Crippen LogP contribution is 2.34. The number of nitrogens with zero attached hydrogens (tertiary/aromatic N) is 6. The van der Waals surface area contributed by atoms with Gasteiger partial charge in [-0.05, 0) is 122 Å². The van der Waals surface area contributed by atoms with Gasteiger partial charge < -0.3 is 33.7 Å². The van der Waals surface area contributed by atoms with Crippen LogP contribution in [0.1, 0.15) is 41.2 Å². The molecule has 6 heterocycles. The molecule has 6 aromatic rings. The van der Waals surface area contributed by atoms with Gasteiger partial charge in [0.1, 0.15) is 39.6 Å². The number of benzene rings is 6. The third kappa shape index (κ3) is 15.8. The Kier molecular flexibility index (Phi) is 20.0. The predicted molar refractivity (Wildman–Crippen MR) is 322 cm³/mol. The molecular formula is C62H75N7O13S3. The molecule has 6 aliphatic rings. The molecule has 6 aromatic carbocycles. The van der Waals surface area contributed by atoms with Crippen LogP contribution < -0.4 is 33.7 Å². The van der Waals surface area contributed by atoms with Crippen molar-refractivity contribution in [3.05, 3.63) is 155 Å². The summed E-state index contributed by atoms with van der Waals surface area (Å²) >= 11 is 0. The minimum Gasteiger partial charge on any atom is -0.486 e. The molecule has 6 aliphatic heterocycles. The van der Waals surface area contributed by atoms with Crippen LogP contribution in [0.2, 0.25) is 0 Å². The zero-order valence-electron chi connectivity index (χ0n) is 48.4. The van der Waals surface area contributed by atoms with E-state index in [0.717, 1.165) is 94.9 Å². The Bertz CT molecular complexity index is 3620. The minimum absolute atomic E-state index is 0.189. The van der Waals surface area contributed by atoms with E-state index in [1.54, 1.807) is 51.1 Å². The van der Waals surface area contributed by atoms with Crippen LogP contribution in [0.25, 0.3) is 0 Å². The molecule has 1 amide bonds. The maximum atomic E-state index is 13.0. The number of amides is 1. The summed E-state index contributed by atoms with van der Waals surface area (Å²) in [6.07, 6.45) is 0.815. The fourth-order valence-corrected chi connectivity index (χ4v) is 15.1. The van der Waals surface area contributed by atoms with Crippen LogP contribution >= 0.6 is 0 Å². The quantitative estimate of drug-likeness (QED) is 0.125. The Morgan fingerprint density at radius 3 is 1.11 bits per heavy atom. The lowest BCUT2D eigenvalue weighted by Gasteiger charge is -2.34. The van der Waals surface area contributed by atoms with Crippen molar-refractivity contribution in [1.29, 1.82) is 0 Å². The molecule has 0 aliphatic carbocycles. The third-order valence-electron chi connectivity index (χ3n) is 15.4. The standard InChI is InChI=1S/C21H25N3O5S.C21H26N2O4S.C20H24N2O4S/c1-16(25)22-18-3-2-4-19(14-18)30(26,27)24-9-7-23(8-10-24)15-17-5-6-20-21(13-17)29-12-11-28-20;1-17-3-6-19(7-4-17)28(24,25)23-10-2-9-22(11-12-23)16-18-5-8-20-21(15-18)27-14-13-26-20;1-16-2-5-18(6-3-16)27(23,24)22-10-8-21(9-11-22)15-17-4-7-19-20(14-17)26-13-12-25-19/h2-6,13-14H,7-12,15H2,1H3,(H,22,25);3-8,15H,2,9-14,16H2,1H3;2-7,14H,8-13,15H2,1H3. The number of anilines is 1. The van der Waals surface area contributed by atoms with E-state index in [-0.39, 0.29) is 10.8 Å². The van der Waals surface area contributed by atoms with Gasteiger partial charge in [-0.25, -0.2) is 25.3 Å². The number of carbonyl (C=O) groups excluding carboxylic acids is 1. The summed E-state index contributed by atoms with van der Waals surface area (Å²) in [6, 6.07) is 38.5. The van der Waals surface area contributed by atoms with Crippen molar-refractivity contribution >= 4 is 41.7 Å². The maximum Gasteiger partial charge on any atom is 0.243 e. The average Bonchev–Trinajstić information content (AvgIpc) is 3.92. The Labute approximate surface area is 499 Å². The molecule has 12 rings (SSSR count). The van der Waals surface area contributed by atoms with Gasteiger partial charge in [-0.1, -0.05) is 59.7 Å². The van der Waals surface area contributed by atoms with Gasteiger partial charge in [0.25, 0.3) is 0 Å². The smallest absolute Gasteiger partial charge is 0.243 e.